The molecule has 3 saturated heterocycles. The number of aliphatic hydroxyl groups excluding tert-OH is 1. The SMILES string of the molecule is C=C1C[C@H]2CN(C(=O)OCc3ccc(CC(=O)[C@H](C)NC(=O)[C@@H](CC(=O)CCOCCOC)C(C)C)cc3)c3cc(OCCCCCOc4cc5c(cc4OC)C(=O)N4CC(=C)C[C@H]4[C@H](O)N5C(=O)OCc4ccc(CC(=O)[C@H](C)NC(=O)[C@@H](CC(=O)CCOCCNC(=O)CCN5C(=O)CC(SC)C5=O)C(C)C)cc4)c(OC)cc3C(=O)N2C1. The van der Waals surface area contributed by atoms with Gasteiger partial charge in [0, 0.05) is 109 Å². The predicted octanol–water partition coefficient (Wildman–Crippen LogP) is 8.66. The monoisotopic (exact) mass is 1680 g/mol. The standard InChI is InChI=1S/C88H114N8O23S/c1-52(2)65(40-63(97)25-31-114-33-27-89-79(101)24-28-92-80(102)46-78(120-12)86(92)108)81(103)90-57(8)73(100)39-59-18-22-61(23-19-59)51-119-88(110)96-70-45-77(75(113-11)43-68(70)84(106)94-48-55(6)37-71(94)85(96)107)117-30-15-13-14-29-116-76-44-69-67(42-74(76)112-10)83(105)93-47-54(5)36-62(93)49-95(69)87(109)118-50-60-20-16-58(17-21-60)38-72(99)56(7)91-82(104)66(53(3)4)41-64(98)26-32-115-35-34-111-9/h16-23,42-45,52-53,56-57,62,65-66,71,78,85,107H,5-6,13-15,24-41,46-51H2,1-4,7-12H3,(H,89,101)(H,90,103)(H,91,104)/t56-,57-,62-,65-,66-,71-,78?,85-/m0/s1. The Morgan fingerprint density at radius 1 is 0.558 bits per heavy atom. The van der Waals surface area contributed by atoms with Gasteiger partial charge in [0.15, 0.2) is 40.8 Å². The highest BCUT2D eigenvalue weighted by molar-refractivity contribution is 8.00. The smallest absolute Gasteiger partial charge is 0.416 e. The molecule has 9 amide bonds. The average molecular weight is 1680 g/mol. The van der Waals surface area contributed by atoms with Gasteiger partial charge in [0.05, 0.1) is 119 Å². The van der Waals surface area contributed by atoms with Crippen LogP contribution < -0.4 is 44.7 Å². The molecule has 32 heteroatoms. The Labute approximate surface area is 704 Å². The number of carbonyl (C=O) groups is 13. The summed E-state index contributed by atoms with van der Waals surface area (Å²) >= 11 is 1.30. The fourth-order valence-corrected chi connectivity index (χ4v) is 15.5. The molecule has 9 rings (SSSR count). The van der Waals surface area contributed by atoms with Crippen molar-refractivity contribution in [1.29, 1.82) is 0 Å². The van der Waals surface area contributed by atoms with E-state index in [0.29, 0.717) is 73.3 Å². The molecule has 4 N–H and O–H groups in total. The van der Waals surface area contributed by atoms with Crippen molar-refractivity contribution >= 4 is 99.8 Å². The number of unbranched alkanes of at least 4 members (excludes halogenated alkanes) is 2. The molecule has 1 unspecified atom stereocenters. The number of carbonyl (C=O) groups excluding carboxylic acids is 13. The van der Waals surface area contributed by atoms with Crippen LogP contribution in [0.1, 0.15) is 155 Å². The highest BCUT2D eigenvalue weighted by Crippen LogP contribution is 2.44. The number of imide groups is 1. The Bertz CT molecular complexity index is 4400. The molecule has 0 radical (unpaired) electrons. The lowest BCUT2D eigenvalue weighted by Crippen LogP contribution is -2.50. The second-order valence-corrected chi connectivity index (χ2v) is 32.5. The lowest BCUT2D eigenvalue weighted by atomic mass is 9.88. The molecule has 0 bridgehead atoms. The van der Waals surface area contributed by atoms with Crippen molar-refractivity contribution in [2.75, 3.05) is 116 Å². The number of rotatable bonds is 46. The second-order valence-electron chi connectivity index (χ2n) is 31.5. The number of Topliss-reactive ketones (excluding diaryl/α,β-unsaturated/α-hetero) is 4. The van der Waals surface area contributed by atoms with Crippen molar-refractivity contribution in [3.8, 4) is 23.0 Å². The molecule has 3 fully saturated rings. The topological polar surface area (TPSA) is 378 Å². The molecular formula is C88H114N8O23S. The van der Waals surface area contributed by atoms with Crippen LogP contribution in [-0.4, -0.2) is 239 Å². The molecule has 0 aliphatic carbocycles. The van der Waals surface area contributed by atoms with Crippen molar-refractivity contribution in [1.82, 2.24) is 30.7 Å². The fraction of sp³-hybridized carbons (Fsp3) is 0.534. The van der Waals surface area contributed by atoms with E-state index in [2.05, 4.69) is 29.1 Å². The minimum Gasteiger partial charge on any atom is -0.493 e. The molecule has 5 aliphatic rings. The summed E-state index contributed by atoms with van der Waals surface area (Å²) in [5.74, 6) is -4.27. The number of hydrogen-bond acceptors (Lipinski definition) is 24. The summed E-state index contributed by atoms with van der Waals surface area (Å²) in [6.45, 7) is 20.5. The Morgan fingerprint density at radius 2 is 1.05 bits per heavy atom. The van der Waals surface area contributed by atoms with Gasteiger partial charge in [-0.25, -0.2) is 14.5 Å². The fourth-order valence-electron chi connectivity index (χ4n) is 14.8. The van der Waals surface area contributed by atoms with E-state index in [1.54, 1.807) is 92.8 Å². The van der Waals surface area contributed by atoms with Crippen molar-refractivity contribution in [3.63, 3.8) is 0 Å². The Hall–Kier alpha value is -10.5. The molecular weight excluding hydrogens is 1570 g/mol. The second kappa shape index (κ2) is 44.7. The van der Waals surface area contributed by atoms with Gasteiger partial charge in [-0.05, 0) is 98.4 Å². The van der Waals surface area contributed by atoms with E-state index in [0.717, 1.165) is 15.4 Å². The number of likely N-dealkylation sites (tertiary alicyclic amines) is 1. The molecule has 0 aromatic heterocycles. The van der Waals surface area contributed by atoms with E-state index in [1.807, 2.05) is 27.7 Å². The number of benzene rings is 4. The van der Waals surface area contributed by atoms with Gasteiger partial charge in [-0.15, -0.1) is 0 Å². The number of aliphatic hydroxyl groups is 1. The number of ether oxygens (including phenoxy) is 9. The summed E-state index contributed by atoms with van der Waals surface area (Å²) in [6.07, 6.45) is 0.891. The molecule has 0 saturated carbocycles. The van der Waals surface area contributed by atoms with Crippen LogP contribution in [0.5, 0.6) is 23.0 Å². The molecule has 8 atom stereocenters. The van der Waals surface area contributed by atoms with E-state index < -0.39 is 71.5 Å². The van der Waals surface area contributed by atoms with E-state index in [9.17, 15) is 67.4 Å². The summed E-state index contributed by atoms with van der Waals surface area (Å²) in [4.78, 5) is 181. The van der Waals surface area contributed by atoms with Crippen LogP contribution in [0, 0.1) is 23.7 Å². The van der Waals surface area contributed by atoms with Gasteiger partial charge in [0.2, 0.25) is 29.5 Å². The number of hydrogen-bond donors (Lipinski definition) is 4. The Kier molecular flexibility index (Phi) is 34.7. The van der Waals surface area contributed by atoms with Gasteiger partial charge in [0.1, 0.15) is 24.8 Å². The van der Waals surface area contributed by atoms with Crippen molar-refractivity contribution in [3.05, 3.63) is 130 Å². The number of nitrogens with one attached hydrogen (secondary N) is 3. The summed E-state index contributed by atoms with van der Waals surface area (Å²) < 4.78 is 51.9. The number of fused-ring (bicyclic) bond motifs is 4. The average Bonchev–Trinajstić information content (AvgIpc) is 1.59. The highest BCUT2D eigenvalue weighted by atomic mass is 32.2. The van der Waals surface area contributed by atoms with Crippen LogP contribution in [0.2, 0.25) is 0 Å². The van der Waals surface area contributed by atoms with Gasteiger partial charge in [0.25, 0.3) is 11.8 Å². The molecule has 0 spiro atoms. The van der Waals surface area contributed by atoms with Crippen LogP contribution in [0.15, 0.2) is 97.1 Å². The largest absolute Gasteiger partial charge is 0.493 e. The number of ketones is 4. The van der Waals surface area contributed by atoms with Gasteiger partial charge in [-0.2, -0.15) is 11.8 Å². The molecule has 650 valence electrons. The first-order valence-corrected chi connectivity index (χ1v) is 42.1. The van der Waals surface area contributed by atoms with Crippen molar-refractivity contribution in [2.24, 2.45) is 23.7 Å². The zero-order valence-electron chi connectivity index (χ0n) is 70.3. The van der Waals surface area contributed by atoms with Crippen molar-refractivity contribution in [2.45, 2.75) is 174 Å². The lowest BCUT2D eigenvalue weighted by Gasteiger charge is -2.31. The molecule has 120 heavy (non-hydrogen) atoms. The Morgan fingerprint density at radius 3 is 1.57 bits per heavy atom. The summed E-state index contributed by atoms with van der Waals surface area (Å²) in [5.41, 5.74) is 4.47. The molecule has 5 aliphatic heterocycles. The van der Waals surface area contributed by atoms with Crippen LogP contribution >= 0.6 is 11.8 Å². The highest BCUT2D eigenvalue weighted by Gasteiger charge is 2.47. The number of anilines is 2. The third-order valence-electron chi connectivity index (χ3n) is 22.0. The third-order valence-corrected chi connectivity index (χ3v) is 22.9. The Balaban J connectivity index is 0.745. The van der Waals surface area contributed by atoms with E-state index in [4.69, 9.17) is 42.6 Å². The van der Waals surface area contributed by atoms with Crippen LogP contribution in [0.4, 0.5) is 21.0 Å². The van der Waals surface area contributed by atoms with Gasteiger partial charge in [-0.1, -0.05) is 101 Å². The minimum atomic E-state index is -1.58. The predicted molar refractivity (Wildman–Crippen MR) is 445 cm³/mol. The summed E-state index contributed by atoms with van der Waals surface area (Å²) in [7, 11) is 4.42. The van der Waals surface area contributed by atoms with Crippen LogP contribution in [0.25, 0.3) is 0 Å². The van der Waals surface area contributed by atoms with Gasteiger partial charge in [-0.3, -0.25) is 62.5 Å². The number of amides is 9. The maximum Gasteiger partial charge on any atom is 0.416 e. The van der Waals surface area contributed by atoms with Crippen LogP contribution in [0.3, 0.4) is 0 Å². The van der Waals surface area contributed by atoms with E-state index >= 15 is 0 Å². The maximum absolute atomic E-state index is 14.4. The van der Waals surface area contributed by atoms with Crippen LogP contribution in [-0.2, 0) is 92.9 Å². The minimum absolute atomic E-state index is 0.00261. The maximum atomic E-state index is 14.4. The normalized spacial score (nSPS) is 17.9. The van der Waals surface area contributed by atoms with Gasteiger partial charge >= 0.3 is 12.2 Å². The summed E-state index contributed by atoms with van der Waals surface area (Å²) in [6, 6.07) is 16.8. The lowest BCUT2D eigenvalue weighted by molar-refractivity contribution is -0.139. The molecule has 4 aromatic carbocycles. The van der Waals surface area contributed by atoms with Gasteiger partial charge < -0.3 is 73.5 Å². The quantitative estimate of drug-likeness (QED) is 0.0182. The summed E-state index contributed by atoms with van der Waals surface area (Å²) in [5, 5.41) is 19.9. The number of methoxy groups -OCH3 is 3. The van der Waals surface area contributed by atoms with Crippen molar-refractivity contribution < 1.29 is 110 Å². The third kappa shape index (κ3) is 25.1. The molecule has 4 aromatic rings. The zero-order valence-corrected chi connectivity index (χ0v) is 71.1. The molecule has 31 nitrogen and oxygen atoms in total. The number of nitrogens with zero attached hydrogens (tertiary/aromatic N) is 5. The van der Waals surface area contributed by atoms with E-state index in [1.165, 1.54) is 47.9 Å². The zero-order chi connectivity index (χ0) is 87.0. The number of thioether (sulfide) groups is 1. The first-order chi connectivity index (χ1) is 57.4. The van der Waals surface area contributed by atoms with E-state index in [-0.39, 0.29) is 240 Å². The first-order valence-electron chi connectivity index (χ1n) is 40.8. The molecule has 5 heterocycles. The first kappa shape index (κ1) is 93.3.